The Morgan fingerprint density at radius 1 is 1.18 bits per heavy atom. The van der Waals surface area contributed by atoms with Crippen molar-refractivity contribution in [2.75, 3.05) is 11.6 Å². The maximum atomic E-state index is 12.1. The van der Waals surface area contributed by atoms with Gasteiger partial charge < -0.3 is 5.32 Å². The minimum absolute atomic E-state index is 0.148. The van der Waals surface area contributed by atoms with Crippen LogP contribution in [0, 0.1) is 0 Å². The molecule has 1 atom stereocenters. The van der Waals surface area contributed by atoms with Crippen LogP contribution in [0.25, 0.3) is 10.9 Å². The lowest BCUT2D eigenvalue weighted by Crippen LogP contribution is -2.19. The van der Waals surface area contributed by atoms with E-state index in [1.165, 1.54) is 0 Å². The molecule has 1 unspecified atom stereocenters. The molecule has 0 fully saturated rings. The van der Waals surface area contributed by atoms with Crippen LogP contribution in [0.3, 0.4) is 0 Å². The van der Waals surface area contributed by atoms with E-state index in [0.717, 1.165) is 15.8 Å². The highest BCUT2D eigenvalue weighted by atomic mass is 32.2. The largest absolute Gasteiger partial charge is 0.324 e. The molecule has 0 spiro atoms. The molecule has 5 nitrogen and oxygen atoms in total. The van der Waals surface area contributed by atoms with Crippen molar-refractivity contribution in [3.05, 3.63) is 54.7 Å². The van der Waals surface area contributed by atoms with E-state index in [0.29, 0.717) is 5.69 Å². The van der Waals surface area contributed by atoms with Crippen LogP contribution in [-0.4, -0.2) is 26.2 Å². The molecule has 1 N–H and O–H groups in total. The molecule has 6 heteroatoms. The van der Waals surface area contributed by atoms with Gasteiger partial charge in [0.05, 0.1) is 11.7 Å². The molecule has 0 saturated carbocycles. The first-order valence-electron chi connectivity index (χ1n) is 6.77. The number of hydrogen-bond acceptors (Lipinski definition) is 3. The molecule has 1 heterocycles. The van der Waals surface area contributed by atoms with Crippen molar-refractivity contribution in [1.82, 2.24) is 9.78 Å². The van der Waals surface area contributed by atoms with E-state index in [2.05, 4.69) is 10.4 Å². The maximum Gasteiger partial charge on any atom is 0.246 e. The second-order valence-electron chi connectivity index (χ2n) is 4.89. The van der Waals surface area contributed by atoms with E-state index in [4.69, 9.17) is 0 Å². The molecule has 1 amide bonds. The molecular weight excluding hydrogens is 298 g/mol. The van der Waals surface area contributed by atoms with Crippen LogP contribution in [0.5, 0.6) is 0 Å². The highest BCUT2D eigenvalue weighted by Gasteiger charge is 2.08. The number of para-hydroxylation sites is 1. The minimum Gasteiger partial charge on any atom is -0.324 e. The summed E-state index contributed by atoms with van der Waals surface area (Å²) in [5, 5.41) is 8.05. The maximum absolute atomic E-state index is 12.1. The van der Waals surface area contributed by atoms with Crippen molar-refractivity contribution in [3.8, 4) is 0 Å². The fraction of sp³-hybridized carbons (Fsp3) is 0.125. The molecule has 0 bridgehead atoms. The lowest BCUT2D eigenvalue weighted by Gasteiger charge is -2.07. The van der Waals surface area contributed by atoms with Crippen molar-refractivity contribution in [2.24, 2.45) is 0 Å². The second-order valence-corrected chi connectivity index (χ2v) is 6.27. The highest BCUT2D eigenvalue weighted by Crippen LogP contribution is 2.14. The Balaban J connectivity index is 1.71. The Bertz CT molecular complexity index is 840. The summed E-state index contributed by atoms with van der Waals surface area (Å²) in [5.74, 6) is -0.153. The van der Waals surface area contributed by atoms with Crippen LogP contribution in [0.4, 0.5) is 5.69 Å². The normalized spacial score (nSPS) is 12.2. The van der Waals surface area contributed by atoms with Gasteiger partial charge in [0, 0.05) is 33.0 Å². The zero-order valence-corrected chi connectivity index (χ0v) is 12.8. The summed E-state index contributed by atoms with van der Waals surface area (Å²) in [5.41, 5.74) is 1.60. The Morgan fingerprint density at radius 2 is 1.91 bits per heavy atom. The van der Waals surface area contributed by atoms with Crippen molar-refractivity contribution in [1.29, 1.82) is 0 Å². The van der Waals surface area contributed by atoms with Crippen LogP contribution < -0.4 is 5.32 Å². The molecule has 3 aromatic rings. The van der Waals surface area contributed by atoms with Gasteiger partial charge in [-0.1, -0.05) is 18.2 Å². The number of amides is 1. The summed E-state index contributed by atoms with van der Waals surface area (Å²) in [6.07, 6.45) is 3.37. The van der Waals surface area contributed by atoms with E-state index in [9.17, 15) is 9.00 Å². The van der Waals surface area contributed by atoms with Crippen LogP contribution in [0.2, 0.25) is 0 Å². The van der Waals surface area contributed by atoms with Crippen molar-refractivity contribution < 1.29 is 9.00 Å². The molecule has 2 aromatic carbocycles. The predicted octanol–water partition coefficient (Wildman–Crippen LogP) is 2.41. The van der Waals surface area contributed by atoms with Crippen LogP contribution in [-0.2, 0) is 22.1 Å². The number of aromatic nitrogens is 2. The molecular formula is C16H15N3O2S. The summed E-state index contributed by atoms with van der Waals surface area (Å²) < 4.78 is 13.0. The average Bonchev–Trinajstić information content (AvgIpc) is 2.91. The first-order chi connectivity index (χ1) is 10.6. The third kappa shape index (κ3) is 3.07. The third-order valence-corrected chi connectivity index (χ3v) is 4.25. The topological polar surface area (TPSA) is 64.0 Å². The molecule has 3 rings (SSSR count). The van der Waals surface area contributed by atoms with Gasteiger partial charge in [-0.05, 0) is 30.3 Å². The smallest absolute Gasteiger partial charge is 0.246 e. The predicted molar refractivity (Wildman–Crippen MR) is 87.1 cm³/mol. The Kier molecular flexibility index (Phi) is 4.02. The summed E-state index contributed by atoms with van der Waals surface area (Å²) in [6.45, 7) is 0.148. The lowest BCUT2D eigenvalue weighted by molar-refractivity contribution is -0.116. The highest BCUT2D eigenvalue weighted by molar-refractivity contribution is 7.84. The number of carbonyl (C=O) groups is 1. The van der Waals surface area contributed by atoms with E-state index in [1.807, 2.05) is 24.3 Å². The zero-order valence-electron chi connectivity index (χ0n) is 12.0. The van der Waals surface area contributed by atoms with E-state index in [-0.39, 0.29) is 12.5 Å². The molecule has 0 aliphatic carbocycles. The fourth-order valence-corrected chi connectivity index (χ4v) is 2.74. The lowest BCUT2D eigenvalue weighted by atomic mass is 10.2. The van der Waals surface area contributed by atoms with Gasteiger partial charge >= 0.3 is 0 Å². The number of fused-ring (bicyclic) bond motifs is 1. The van der Waals surface area contributed by atoms with Crippen molar-refractivity contribution >= 4 is 33.3 Å². The number of carbonyl (C=O) groups excluding carboxylic acids is 1. The molecule has 1 aromatic heterocycles. The number of nitrogens with zero attached hydrogens (tertiary/aromatic N) is 2. The van der Waals surface area contributed by atoms with Gasteiger partial charge in [0.2, 0.25) is 5.91 Å². The molecule has 0 radical (unpaired) electrons. The fourth-order valence-electron chi connectivity index (χ4n) is 2.22. The van der Waals surface area contributed by atoms with E-state index < -0.39 is 10.8 Å². The number of hydrogen-bond donors (Lipinski definition) is 1. The molecule has 0 saturated heterocycles. The molecule has 22 heavy (non-hydrogen) atoms. The summed E-state index contributed by atoms with van der Waals surface area (Å²) in [4.78, 5) is 12.8. The number of anilines is 1. The SMILES string of the molecule is CS(=O)c1ccc(NC(=O)Cn2ncc3ccccc32)cc1. The van der Waals surface area contributed by atoms with Gasteiger partial charge in [-0.3, -0.25) is 13.7 Å². The summed E-state index contributed by atoms with van der Waals surface area (Å²) >= 11 is 0. The zero-order chi connectivity index (χ0) is 15.5. The van der Waals surface area contributed by atoms with Gasteiger partial charge in [-0.25, -0.2) is 0 Å². The average molecular weight is 313 g/mol. The quantitative estimate of drug-likeness (QED) is 0.804. The molecule has 112 valence electrons. The van der Waals surface area contributed by atoms with Crippen LogP contribution >= 0.6 is 0 Å². The van der Waals surface area contributed by atoms with Crippen LogP contribution in [0.1, 0.15) is 0 Å². The molecule has 0 aliphatic heterocycles. The van der Waals surface area contributed by atoms with E-state index in [1.54, 1.807) is 41.4 Å². The van der Waals surface area contributed by atoms with Gasteiger partial charge in [0.25, 0.3) is 0 Å². The van der Waals surface area contributed by atoms with Crippen molar-refractivity contribution in [3.63, 3.8) is 0 Å². The second kappa shape index (κ2) is 6.11. The van der Waals surface area contributed by atoms with Gasteiger partial charge in [-0.2, -0.15) is 5.10 Å². The molecule has 0 aliphatic rings. The van der Waals surface area contributed by atoms with Gasteiger partial charge in [0.1, 0.15) is 6.54 Å². The van der Waals surface area contributed by atoms with Crippen LogP contribution in [0.15, 0.2) is 59.6 Å². The monoisotopic (exact) mass is 313 g/mol. The Morgan fingerprint density at radius 3 is 2.64 bits per heavy atom. The van der Waals surface area contributed by atoms with Gasteiger partial charge in [-0.15, -0.1) is 0 Å². The first-order valence-corrected chi connectivity index (χ1v) is 8.33. The van der Waals surface area contributed by atoms with E-state index >= 15 is 0 Å². The van der Waals surface area contributed by atoms with Gasteiger partial charge in [0.15, 0.2) is 0 Å². The minimum atomic E-state index is -1.02. The Labute approximate surface area is 130 Å². The number of rotatable bonds is 4. The van der Waals surface area contributed by atoms with Crippen molar-refractivity contribution in [2.45, 2.75) is 11.4 Å². The number of nitrogens with one attached hydrogen (secondary N) is 1. The summed E-state index contributed by atoms with van der Waals surface area (Å²) in [7, 11) is -1.02. The first kappa shape index (κ1) is 14.5. The number of benzene rings is 2. The Hall–Kier alpha value is -2.47. The standard InChI is InChI=1S/C16H15N3O2S/c1-22(21)14-8-6-13(7-9-14)18-16(20)11-19-15-5-3-2-4-12(15)10-17-19/h2-10H,11H2,1H3,(H,18,20). The summed E-state index contributed by atoms with van der Waals surface area (Å²) in [6, 6.07) is 14.7. The third-order valence-electron chi connectivity index (χ3n) is 3.31.